The molecule has 0 aromatic heterocycles. The summed E-state index contributed by atoms with van der Waals surface area (Å²) in [4.78, 5) is 2.54. The monoisotopic (exact) mass is 326 g/mol. The van der Waals surface area contributed by atoms with Crippen molar-refractivity contribution in [1.29, 1.82) is 0 Å². The van der Waals surface area contributed by atoms with Crippen molar-refractivity contribution in [2.45, 2.75) is 38.8 Å². The van der Waals surface area contributed by atoms with Crippen LogP contribution in [0.5, 0.6) is 5.75 Å². The number of nitrogens with one attached hydrogen (secondary N) is 1. The summed E-state index contributed by atoms with van der Waals surface area (Å²) < 4.78 is 6.25. The van der Waals surface area contributed by atoms with Crippen LogP contribution in [-0.4, -0.2) is 37.2 Å². The maximum Gasteiger partial charge on any atom is 0.133 e. The third-order valence-electron chi connectivity index (χ3n) is 3.78. The minimum Gasteiger partial charge on any atom is -0.496 e. The maximum atomic E-state index is 5.25. The highest BCUT2D eigenvalue weighted by molar-refractivity contribution is 9.10. The Balaban J connectivity index is 1.90. The van der Waals surface area contributed by atoms with Crippen LogP contribution in [0.3, 0.4) is 0 Å². The summed E-state index contributed by atoms with van der Waals surface area (Å²) in [7, 11) is 1.69. The molecule has 1 aliphatic rings. The number of halogens is 1. The van der Waals surface area contributed by atoms with Gasteiger partial charge in [-0.25, -0.2) is 0 Å². The predicted molar refractivity (Wildman–Crippen MR) is 84.0 cm³/mol. The van der Waals surface area contributed by atoms with Gasteiger partial charge in [0.1, 0.15) is 5.75 Å². The van der Waals surface area contributed by atoms with Crippen molar-refractivity contribution < 1.29 is 4.74 Å². The molecule has 1 saturated heterocycles. The van der Waals surface area contributed by atoms with Crippen molar-refractivity contribution in [2.24, 2.45) is 0 Å². The number of hydrogen-bond donors (Lipinski definition) is 1. The van der Waals surface area contributed by atoms with Crippen molar-refractivity contribution in [3.05, 3.63) is 22.7 Å². The van der Waals surface area contributed by atoms with Gasteiger partial charge in [0.25, 0.3) is 0 Å². The van der Waals surface area contributed by atoms with Gasteiger partial charge in [-0.05, 0) is 60.8 Å². The van der Waals surface area contributed by atoms with Crippen molar-refractivity contribution in [3.8, 4) is 5.75 Å². The fourth-order valence-electron chi connectivity index (χ4n) is 2.55. The van der Waals surface area contributed by atoms with Crippen LogP contribution >= 0.6 is 15.9 Å². The summed E-state index contributed by atoms with van der Waals surface area (Å²) in [5.41, 5.74) is 1.16. The summed E-state index contributed by atoms with van der Waals surface area (Å²) in [6, 6.07) is 7.41. The smallest absolute Gasteiger partial charge is 0.133 e. The standard InChI is InChI=1S/C15H23BrN2O/c1-11(2)18-8-6-12(7-9-18)17-13-4-5-15(19-3)14(16)10-13/h4-5,10-12,17H,6-9H2,1-3H3. The van der Waals surface area contributed by atoms with Gasteiger partial charge in [-0.1, -0.05) is 0 Å². The molecule has 0 amide bonds. The first-order valence-corrected chi connectivity index (χ1v) is 7.73. The molecule has 0 radical (unpaired) electrons. The second kappa shape index (κ2) is 6.62. The fraction of sp³-hybridized carbons (Fsp3) is 0.600. The molecule has 1 aliphatic heterocycles. The van der Waals surface area contributed by atoms with Gasteiger partial charge in [0.15, 0.2) is 0 Å². The SMILES string of the molecule is COc1ccc(NC2CCN(C(C)C)CC2)cc1Br. The maximum absolute atomic E-state index is 5.25. The first-order valence-electron chi connectivity index (χ1n) is 6.94. The molecule has 3 nitrogen and oxygen atoms in total. The van der Waals surface area contributed by atoms with E-state index in [0.717, 1.165) is 15.9 Å². The molecule has 2 rings (SSSR count). The highest BCUT2D eigenvalue weighted by Crippen LogP contribution is 2.28. The Hall–Kier alpha value is -0.740. The molecule has 19 heavy (non-hydrogen) atoms. The van der Waals surface area contributed by atoms with Gasteiger partial charge in [-0.15, -0.1) is 0 Å². The Labute approximate surface area is 124 Å². The average Bonchev–Trinajstić information content (AvgIpc) is 2.39. The van der Waals surface area contributed by atoms with Gasteiger partial charge in [-0.2, -0.15) is 0 Å². The molecular formula is C15H23BrN2O. The molecule has 1 N–H and O–H groups in total. The molecule has 0 aliphatic carbocycles. The number of anilines is 1. The van der Waals surface area contributed by atoms with Gasteiger partial charge in [0.2, 0.25) is 0 Å². The first kappa shape index (κ1) is 14.7. The molecule has 1 aromatic rings. The topological polar surface area (TPSA) is 24.5 Å². The second-order valence-electron chi connectivity index (χ2n) is 5.40. The van der Waals surface area contributed by atoms with Crippen LogP contribution in [0.25, 0.3) is 0 Å². The number of piperidine rings is 1. The van der Waals surface area contributed by atoms with E-state index in [2.05, 4.69) is 52.1 Å². The van der Waals surface area contributed by atoms with Crippen molar-refractivity contribution in [2.75, 3.05) is 25.5 Å². The van der Waals surface area contributed by atoms with Crippen LogP contribution in [0.4, 0.5) is 5.69 Å². The van der Waals surface area contributed by atoms with Gasteiger partial charge in [0.05, 0.1) is 11.6 Å². The molecule has 1 aromatic carbocycles. The van der Waals surface area contributed by atoms with E-state index in [1.165, 1.54) is 25.9 Å². The average molecular weight is 327 g/mol. The Morgan fingerprint density at radius 2 is 2.00 bits per heavy atom. The summed E-state index contributed by atoms with van der Waals surface area (Å²) in [6.07, 6.45) is 2.42. The highest BCUT2D eigenvalue weighted by Gasteiger charge is 2.20. The lowest BCUT2D eigenvalue weighted by Gasteiger charge is -2.35. The number of hydrogen-bond acceptors (Lipinski definition) is 3. The zero-order valence-electron chi connectivity index (χ0n) is 11.9. The number of benzene rings is 1. The number of methoxy groups -OCH3 is 1. The van der Waals surface area contributed by atoms with E-state index in [0.29, 0.717) is 12.1 Å². The van der Waals surface area contributed by atoms with E-state index in [9.17, 15) is 0 Å². The summed E-state index contributed by atoms with van der Waals surface area (Å²) >= 11 is 3.53. The Kier molecular flexibility index (Phi) is 5.11. The zero-order valence-corrected chi connectivity index (χ0v) is 13.5. The quantitative estimate of drug-likeness (QED) is 0.912. The lowest BCUT2D eigenvalue weighted by molar-refractivity contribution is 0.177. The minimum absolute atomic E-state index is 0.579. The highest BCUT2D eigenvalue weighted by atomic mass is 79.9. The van der Waals surface area contributed by atoms with Gasteiger partial charge >= 0.3 is 0 Å². The number of rotatable bonds is 4. The molecule has 0 saturated carbocycles. The second-order valence-corrected chi connectivity index (χ2v) is 6.25. The number of likely N-dealkylation sites (tertiary alicyclic amines) is 1. The Morgan fingerprint density at radius 1 is 1.32 bits per heavy atom. The van der Waals surface area contributed by atoms with E-state index >= 15 is 0 Å². The molecule has 1 heterocycles. The van der Waals surface area contributed by atoms with Gasteiger partial charge in [-0.3, -0.25) is 0 Å². The van der Waals surface area contributed by atoms with Gasteiger partial charge < -0.3 is 15.0 Å². The van der Waals surface area contributed by atoms with Crippen LogP contribution in [0, 0.1) is 0 Å². The van der Waals surface area contributed by atoms with E-state index < -0.39 is 0 Å². The summed E-state index contributed by atoms with van der Waals surface area (Å²) in [5, 5.41) is 3.62. The van der Waals surface area contributed by atoms with Crippen LogP contribution in [0.1, 0.15) is 26.7 Å². The lowest BCUT2D eigenvalue weighted by atomic mass is 10.0. The fourth-order valence-corrected chi connectivity index (χ4v) is 3.09. The molecule has 1 fully saturated rings. The van der Waals surface area contributed by atoms with Crippen LogP contribution in [0.2, 0.25) is 0 Å². The normalized spacial score (nSPS) is 17.7. The molecular weight excluding hydrogens is 304 g/mol. The van der Waals surface area contributed by atoms with Crippen molar-refractivity contribution in [1.82, 2.24) is 4.90 Å². The molecule has 0 spiro atoms. The molecule has 4 heteroatoms. The van der Waals surface area contributed by atoms with Crippen molar-refractivity contribution >= 4 is 21.6 Å². The third-order valence-corrected chi connectivity index (χ3v) is 4.40. The summed E-state index contributed by atoms with van der Waals surface area (Å²) in [5.74, 6) is 0.875. The summed E-state index contributed by atoms with van der Waals surface area (Å²) in [6.45, 7) is 6.92. The van der Waals surface area contributed by atoms with Crippen LogP contribution in [0.15, 0.2) is 22.7 Å². The van der Waals surface area contributed by atoms with E-state index in [1.54, 1.807) is 7.11 Å². The largest absolute Gasteiger partial charge is 0.496 e. The lowest BCUT2D eigenvalue weighted by Crippen LogP contribution is -2.42. The van der Waals surface area contributed by atoms with Gasteiger partial charge in [0, 0.05) is 30.9 Å². The Bertz CT molecular complexity index is 415. The van der Waals surface area contributed by atoms with Crippen LogP contribution in [-0.2, 0) is 0 Å². The third kappa shape index (κ3) is 3.86. The molecule has 0 bridgehead atoms. The number of nitrogens with zero attached hydrogens (tertiary/aromatic N) is 1. The predicted octanol–water partition coefficient (Wildman–Crippen LogP) is 3.74. The van der Waals surface area contributed by atoms with E-state index in [4.69, 9.17) is 4.74 Å². The molecule has 0 atom stereocenters. The number of ether oxygens (including phenoxy) is 1. The first-order chi connectivity index (χ1) is 9.10. The minimum atomic E-state index is 0.579. The van der Waals surface area contributed by atoms with Crippen LogP contribution < -0.4 is 10.1 Å². The molecule has 0 unspecified atom stereocenters. The zero-order chi connectivity index (χ0) is 13.8. The Morgan fingerprint density at radius 3 is 2.53 bits per heavy atom. The van der Waals surface area contributed by atoms with E-state index in [-0.39, 0.29) is 0 Å². The van der Waals surface area contributed by atoms with Crippen molar-refractivity contribution in [3.63, 3.8) is 0 Å². The molecule has 106 valence electrons. The van der Waals surface area contributed by atoms with E-state index in [1.807, 2.05) is 6.07 Å².